The number of carbonyl (C=O) groups is 1. The maximum Gasteiger partial charge on any atom is 0.239 e. The molecule has 0 bridgehead atoms. The Balaban J connectivity index is 1.68. The van der Waals surface area contributed by atoms with Crippen molar-refractivity contribution in [2.75, 3.05) is 31.1 Å². The van der Waals surface area contributed by atoms with Gasteiger partial charge in [-0.2, -0.15) is 0 Å². The number of amides is 1. The highest BCUT2D eigenvalue weighted by Gasteiger charge is 2.29. The molecule has 1 atom stereocenters. The van der Waals surface area contributed by atoms with Crippen LogP contribution in [0.1, 0.15) is 23.4 Å². The van der Waals surface area contributed by atoms with E-state index in [0.717, 1.165) is 43.3 Å². The Morgan fingerprint density at radius 1 is 1.26 bits per heavy atom. The first kappa shape index (κ1) is 16.0. The van der Waals surface area contributed by atoms with Crippen molar-refractivity contribution in [3.05, 3.63) is 47.0 Å². The van der Waals surface area contributed by atoms with E-state index in [1.807, 2.05) is 36.5 Å². The molecule has 5 nitrogen and oxygen atoms in total. The Morgan fingerprint density at radius 2 is 1.96 bits per heavy atom. The largest absolute Gasteiger partial charge is 0.368 e. The summed E-state index contributed by atoms with van der Waals surface area (Å²) >= 11 is 1.76. The first-order chi connectivity index (χ1) is 11.2. The SMILES string of the molecule is CCc1cnc(N2CCN([C@@H](C(N)=O)c3ccccc3)CC2)s1. The van der Waals surface area contributed by atoms with Crippen LogP contribution in [0.3, 0.4) is 0 Å². The summed E-state index contributed by atoms with van der Waals surface area (Å²) in [5.41, 5.74) is 6.63. The van der Waals surface area contributed by atoms with Gasteiger partial charge in [0.15, 0.2) is 5.13 Å². The van der Waals surface area contributed by atoms with Crippen LogP contribution in [0.4, 0.5) is 5.13 Å². The third kappa shape index (κ3) is 3.54. The second kappa shape index (κ2) is 7.10. The van der Waals surface area contributed by atoms with Crippen molar-refractivity contribution in [3.8, 4) is 0 Å². The normalized spacial score (nSPS) is 17.2. The minimum Gasteiger partial charge on any atom is -0.368 e. The number of primary amides is 1. The topological polar surface area (TPSA) is 62.5 Å². The molecular formula is C17H22N4OS. The fraction of sp³-hybridized carbons (Fsp3) is 0.412. The van der Waals surface area contributed by atoms with E-state index in [1.165, 1.54) is 4.88 Å². The molecule has 1 aliphatic heterocycles. The minimum atomic E-state index is -0.346. The van der Waals surface area contributed by atoms with E-state index in [0.29, 0.717) is 0 Å². The molecule has 1 saturated heterocycles. The highest BCUT2D eigenvalue weighted by molar-refractivity contribution is 7.15. The van der Waals surface area contributed by atoms with Crippen molar-refractivity contribution >= 4 is 22.4 Å². The maximum atomic E-state index is 11.9. The van der Waals surface area contributed by atoms with Gasteiger partial charge in [-0.15, -0.1) is 11.3 Å². The van der Waals surface area contributed by atoms with E-state index in [-0.39, 0.29) is 11.9 Å². The summed E-state index contributed by atoms with van der Waals surface area (Å²) in [6, 6.07) is 9.44. The molecule has 2 heterocycles. The van der Waals surface area contributed by atoms with Gasteiger partial charge >= 0.3 is 0 Å². The van der Waals surface area contributed by atoms with Crippen LogP contribution in [-0.2, 0) is 11.2 Å². The van der Waals surface area contributed by atoms with Crippen LogP contribution in [0.5, 0.6) is 0 Å². The Bertz CT molecular complexity index is 650. The lowest BCUT2D eigenvalue weighted by Crippen LogP contribution is -2.50. The number of nitrogens with zero attached hydrogens (tertiary/aromatic N) is 3. The number of anilines is 1. The Hall–Kier alpha value is -1.92. The summed E-state index contributed by atoms with van der Waals surface area (Å²) in [5, 5.41) is 1.08. The first-order valence-corrected chi connectivity index (χ1v) is 8.78. The van der Waals surface area contributed by atoms with Gasteiger partial charge in [0, 0.05) is 37.3 Å². The van der Waals surface area contributed by atoms with Crippen LogP contribution in [0.2, 0.25) is 0 Å². The highest BCUT2D eigenvalue weighted by atomic mass is 32.1. The summed E-state index contributed by atoms with van der Waals surface area (Å²) in [7, 11) is 0. The molecule has 1 amide bonds. The molecule has 0 radical (unpaired) electrons. The molecule has 3 rings (SSSR count). The molecule has 1 aromatic carbocycles. The van der Waals surface area contributed by atoms with Crippen LogP contribution in [0.25, 0.3) is 0 Å². The zero-order valence-electron chi connectivity index (χ0n) is 13.3. The van der Waals surface area contributed by atoms with E-state index >= 15 is 0 Å². The van der Waals surface area contributed by atoms with Gasteiger partial charge in [-0.3, -0.25) is 9.69 Å². The molecule has 1 aliphatic rings. The smallest absolute Gasteiger partial charge is 0.239 e. The number of hydrogen-bond donors (Lipinski definition) is 1. The van der Waals surface area contributed by atoms with Crippen molar-refractivity contribution in [2.45, 2.75) is 19.4 Å². The zero-order valence-corrected chi connectivity index (χ0v) is 14.1. The van der Waals surface area contributed by atoms with Gasteiger partial charge in [0.2, 0.25) is 5.91 Å². The van der Waals surface area contributed by atoms with Gasteiger partial charge in [-0.25, -0.2) is 4.98 Å². The number of aromatic nitrogens is 1. The van der Waals surface area contributed by atoms with E-state index < -0.39 is 0 Å². The Kier molecular flexibility index (Phi) is 4.93. The summed E-state index contributed by atoms with van der Waals surface area (Å²) < 4.78 is 0. The number of carbonyl (C=O) groups excluding carboxylic acids is 1. The molecule has 0 aliphatic carbocycles. The fourth-order valence-electron chi connectivity index (χ4n) is 2.97. The predicted octanol–water partition coefficient (Wildman–Crippen LogP) is 2.05. The van der Waals surface area contributed by atoms with Crippen LogP contribution >= 0.6 is 11.3 Å². The van der Waals surface area contributed by atoms with E-state index in [4.69, 9.17) is 5.73 Å². The first-order valence-electron chi connectivity index (χ1n) is 7.97. The summed E-state index contributed by atoms with van der Waals surface area (Å²) in [5.74, 6) is -0.285. The summed E-state index contributed by atoms with van der Waals surface area (Å²) in [4.78, 5) is 22.2. The number of benzene rings is 1. The summed E-state index contributed by atoms with van der Waals surface area (Å²) in [6.45, 7) is 5.50. The van der Waals surface area contributed by atoms with E-state index in [9.17, 15) is 4.79 Å². The molecule has 2 N–H and O–H groups in total. The lowest BCUT2D eigenvalue weighted by atomic mass is 10.0. The molecule has 23 heavy (non-hydrogen) atoms. The second-order valence-corrected chi connectivity index (χ2v) is 6.79. The third-order valence-corrected chi connectivity index (χ3v) is 5.43. The van der Waals surface area contributed by atoms with Crippen molar-refractivity contribution in [1.29, 1.82) is 0 Å². The highest BCUT2D eigenvalue weighted by Crippen LogP contribution is 2.27. The van der Waals surface area contributed by atoms with Crippen molar-refractivity contribution in [1.82, 2.24) is 9.88 Å². The second-order valence-electron chi connectivity index (χ2n) is 5.70. The molecule has 0 saturated carbocycles. The average molecular weight is 330 g/mol. The molecule has 0 unspecified atom stereocenters. The molecule has 1 fully saturated rings. The standard InChI is InChI=1S/C17H22N4OS/c1-2-14-12-19-17(23-14)21-10-8-20(9-11-21)15(16(18)22)13-6-4-3-5-7-13/h3-7,12,15H,2,8-11H2,1H3,(H2,18,22)/t15-/m1/s1. The molecule has 1 aromatic heterocycles. The van der Waals surface area contributed by atoms with Crippen LogP contribution in [0.15, 0.2) is 36.5 Å². The zero-order chi connectivity index (χ0) is 16.2. The van der Waals surface area contributed by atoms with Crippen molar-refractivity contribution in [3.63, 3.8) is 0 Å². The van der Waals surface area contributed by atoms with Crippen molar-refractivity contribution < 1.29 is 4.79 Å². The number of piperazine rings is 1. The number of nitrogens with two attached hydrogens (primary N) is 1. The number of aryl methyl sites for hydroxylation is 1. The quantitative estimate of drug-likeness (QED) is 0.911. The predicted molar refractivity (Wildman–Crippen MR) is 93.7 cm³/mol. The van der Waals surface area contributed by atoms with Gasteiger partial charge in [0.05, 0.1) is 0 Å². The average Bonchev–Trinajstić information content (AvgIpc) is 3.05. The van der Waals surface area contributed by atoms with Gasteiger partial charge in [0.25, 0.3) is 0 Å². The molecule has 6 heteroatoms. The number of rotatable bonds is 5. The maximum absolute atomic E-state index is 11.9. The van der Waals surface area contributed by atoms with Gasteiger partial charge in [-0.1, -0.05) is 37.3 Å². The minimum absolute atomic E-state index is 0.285. The lowest BCUT2D eigenvalue weighted by Gasteiger charge is -2.38. The fourth-order valence-corrected chi connectivity index (χ4v) is 3.87. The third-order valence-electron chi connectivity index (χ3n) is 4.22. The monoisotopic (exact) mass is 330 g/mol. The van der Waals surface area contributed by atoms with Gasteiger partial charge in [-0.05, 0) is 12.0 Å². The molecule has 122 valence electrons. The van der Waals surface area contributed by atoms with Gasteiger partial charge in [0.1, 0.15) is 6.04 Å². The van der Waals surface area contributed by atoms with Crippen LogP contribution in [-0.4, -0.2) is 42.0 Å². The van der Waals surface area contributed by atoms with Crippen molar-refractivity contribution in [2.24, 2.45) is 5.73 Å². The number of hydrogen-bond acceptors (Lipinski definition) is 5. The van der Waals surface area contributed by atoms with E-state index in [1.54, 1.807) is 11.3 Å². The molecular weight excluding hydrogens is 308 g/mol. The van der Waals surface area contributed by atoms with Gasteiger partial charge < -0.3 is 10.6 Å². The molecule has 0 spiro atoms. The van der Waals surface area contributed by atoms with E-state index in [2.05, 4.69) is 21.7 Å². The Labute approximate surface area is 140 Å². The van der Waals surface area contributed by atoms with Crippen LogP contribution < -0.4 is 10.6 Å². The summed E-state index contributed by atoms with van der Waals surface area (Å²) in [6.07, 6.45) is 2.98. The van der Waals surface area contributed by atoms with Crippen LogP contribution in [0, 0.1) is 0 Å². The lowest BCUT2D eigenvalue weighted by molar-refractivity contribution is -0.123. The number of thiazole rings is 1. The molecule has 2 aromatic rings. The Morgan fingerprint density at radius 3 is 2.52 bits per heavy atom.